The van der Waals surface area contributed by atoms with Gasteiger partial charge in [-0.2, -0.15) is 10.0 Å². The van der Waals surface area contributed by atoms with E-state index in [-0.39, 0.29) is 5.75 Å². The summed E-state index contributed by atoms with van der Waals surface area (Å²) in [5.41, 5.74) is 0.902. The Morgan fingerprint density at radius 1 is 0.947 bits per heavy atom. The van der Waals surface area contributed by atoms with Gasteiger partial charge in [0.05, 0.1) is 0 Å². The molecule has 0 spiro atoms. The van der Waals surface area contributed by atoms with Crippen LogP contribution in [0, 0.1) is 11.2 Å². The van der Waals surface area contributed by atoms with Crippen molar-refractivity contribution < 1.29 is 5.11 Å². The lowest BCUT2D eigenvalue weighted by atomic mass is 10.2. The normalized spacial score (nSPS) is 12.7. The third-order valence-electron chi connectivity index (χ3n) is 3.56. The van der Waals surface area contributed by atoms with Crippen LogP contribution < -0.4 is 0 Å². The third kappa shape index (κ3) is 3.48. The largest absolute Gasteiger partial charge is 0.508 e. The first kappa shape index (κ1) is 16.0. The first-order valence-corrected chi connectivity index (χ1v) is 8.74. The van der Waals surface area contributed by atoms with Gasteiger partial charge in [0.15, 0.2) is 0 Å². The Hall–Kier alpha value is -1.07. The van der Waals surface area contributed by atoms with E-state index in [9.17, 15) is 5.11 Å². The molecule has 0 amide bonds. The van der Waals surface area contributed by atoms with Gasteiger partial charge >= 0.3 is 0 Å². The summed E-state index contributed by atoms with van der Waals surface area (Å²) in [6.07, 6.45) is 0. The van der Waals surface area contributed by atoms with E-state index in [0.29, 0.717) is 15.7 Å². The van der Waals surface area contributed by atoms with Gasteiger partial charge in [-0.3, -0.25) is 0 Å². The predicted octanol–water partition coefficient (Wildman–Crippen LogP) is 4.73. The molecule has 1 aromatic rings. The van der Waals surface area contributed by atoms with Gasteiger partial charge < -0.3 is 5.11 Å². The van der Waals surface area contributed by atoms with E-state index in [2.05, 4.69) is 52.7 Å². The Balaban J connectivity index is 3.23. The summed E-state index contributed by atoms with van der Waals surface area (Å²) >= 11 is 0. The zero-order chi connectivity index (χ0) is 14.6. The third-order valence-corrected chi connectivity index (χ3v) is 8.69. The lowest BCUT2D eigenvalue weighted by Crippen LogP contribution is -2.27. The molecule has 0 heterocycles. The van der Waals surface area contributed by atoms with Crippen molar-refractivity contribution in [2.24, 2.45) is 0 Å². The second-order valence-electron chi connectivity index (χ2n) is 5.69. The van der Waals surface area contributed by atoms with Crippen LogP contribution in [-0.2, 0) is 0 Å². The lowest BCUT2D eigenvalue weighted by molar-refractivity contribution is 0.475. The fraction of sp³-hybridized carbons (Fsp3) is 0.529. The van der Waals surface area contributed by atoms with E-state index in [1.165, 1.54) is 0 Å². The SMILES string of the molecule is CC(C)S(C#Cc1cccc(O)c1)(C(C)C)C(C)C. The van der Waals surface area contributed by atoms with E-state index in [0.717, 1.165) is 5.56 Å². The number of rotatable bonds is 3. The highest BCUT2D eigenvalue weighted by molar-refractivity contribution is 8.38. The summed E-state index contributed by atoms with van der Waals surface area (Å²) < 4.78 is 0. The first-order chi connectivity index (χ1) is 8.80. The van der Waals surface area contributed by atoms with E-state index in [1.54, 1.807) is 12.1 Å². The zero-order valence-electron chi connectivity index (χ0n) is 12.9. The van der Waals surface area contributed by atoms with E-state index in [4.69, 9.17) is 0 Å². The first-order valence-electron chi connectivity index (χ1n) is 6.92. The molecule has 1 nitrogen and oxygen atoms in total. The molecule has 106 valence electrons. The summed E-state index contributed by atoms with van der Waals surface area (Å²) in [7, 11) is -1.00. The monoisotopic (exact) mass is 278 g/mol. The lowest BCUT2D eigenvalue weighted by Gasteiger charge is -2.46. The average molecular weight is 278 g/mol. The molecule has 0 saturated heterocycles. The Bertz CT molecular complexity index is 456. The van der Waals surface area contributed by atoms with Crippen LogP contribution >= 0.6 is 10.0 Å². The quantitative estimate of drug-likeness (QED) is 0.792. The smallest absolute Gasteiger partial charge is 0.116 e. The standard InChI is InChI=1S/C17H26OS/c1-13(2)19(14(3)4,15(5)6)11-10-16-8-7-9-17(18)12-16/h7-9,12-15,18H,1-6H3. The maximum atomic E-state index is 9.51. The van der Waals surface area contributed by atoms with Crippen LogP contribution in [0.25, 0.3) is 0 Å². The Kier molecular flexibility index (Phi) is 5.38. The highest BCUT2D eigenvalue weighted by Gasteiger charge is 2.32. The van der Waals surface area contributed by atoms with Crippen molar-refractivity contribution in [3.05, 3.63) is 29.8 Å². The van der Waals surface area contributed by atoms with Gasteiger partial charge in [0, 0.05) is 5.56 Å². The molecule has 19 heavy (non-hydrogen) atoms. The van der Waals surface area contributed by atoms with Crippen LogP contribution in [0.4, 0.5) is 0 Å². The second kappa shape index (κ2) is 6.39. The summed E-state index contributed by atoms with van der Waals surface area (Å²) in [6, 6.07) is 7.21. The molecule has 0 fully saturated rings. The molecule has 0 aliphatic carbocycles. The molecule has 0 aliphatic rings. The van der Waals surface area contributed by atoms with E-state index >= 15 is 0 Å². The van der Waals surface area contributed by atoms with Crippen molar-refractivity contribution in [3.8, 4) is 16.9 Å². The topological polar surface area (TPSA) is 20.2 Å². The number of benzene rings is 1. The molecule has 0 bridgehead atoms. The van der Waals surface area contributed by atoms with Crippen molar-refractivity contribution >= 4 is 10.0 Å². The van der Waals surface area contributed by atoms with Crippen LogP contribution in [0.3, 0.4) is 0 Å². The maximum Gasteiger partial charge on any atom is 0.116 e. The summed E-state index contributed by atoms with van der Waals surface area (Å²) in [4.78, 5) is 0. The van der Waals surface area contributed by atoms with Crippen LogP contribution in [-0.4, -0.2) is 20.9 Å². The fourth-order valence-corrected chi connectivity index (χ4v) is 6.99. The van der Waals surface area contributed by atoms with Crippen molar-refractivity contribution in [2.45, 2.75) is 57.3 Å². The zero-order valence-corrected chi connectivity index (χ0v) is 13.7. The Labute approximate surface area is 119 Å². The van der Waals surface area contributed by atoms with Crippen molar-refractivity contribution in [2.75, 3.05) is 0 Å². The minimum atomic E-state index is -1.00. The predicted molar refractivity (Wildman–Crippen MR) is 88.0 cm³/mol. The molecule has 0 radical (unpaired) electrons. The van der Waals surface area contributed by atoms with Crippen molar-refractivity contribution in [1.29, 1.82) is 0 Å². The van der Waals surface area contributed by atoms with Crippen molar-refractivity contribution in [1.82, 2.24) is 0 Å². The molecule has 0 aromatic heterocycles. The number of hydrogen-bond acceptors (Lipinski definition) is 1. The van der Waals surface area contributed by atoms with Crippen molar-refractivity contribution in [3.63, 3.8) is 0 Å². The molecule has 2 heteroatoms. The highest BCUT2D eigenvalue weighted by Crippen LogP contribution is 2.59. The molecule has 0 atom stereocenters. The van der Waals surface area contributed by atoms with Gasteiger partial charge in [0.1, 0.15) is 5.75 Å². The van der Waals surface area contributed by atoms with Gasteiger partial charge in [-0.15, -0.1) is 0 Å². The summed E-state index contributed by atoms with van der Waals surface area (Å²) in [5, 5.41) is 14.8. The molecule has 1 rings (SSSR count). The Morgan fingerprint density at radius 3 is 1.89 bits per heavy atom. The number of phenols is 1. The van der Waals surface area contributed by atoms with E-state index in [1.807, 2.05) is 12.1 Å². The minimum absolute atomic E-state index is 0.283. The van der Waals surface area contributed by atoms with Gasteiger partial charge in [-0.1, -0.05) is 53.5 Å². The highest BCUT2D eigenvalue weighted by atomic mass is 32.3. The van der Waals surface area contributed by atoms with Gasteiger partial charge in [0.2, 0.25) is 0 Å². The molecule has 1 N–H and O–H groups in total. The van der Waals surface area contributed by atoms with Gasteiger partial charge in [0.25, 0.3) is 0 Å². The van der Waals surface area contributed by atoms with Gasteiger partial charge in [-0.25, -0.2) is 0 Å². The molecule has 0 saturated carbocycles. The fourth-order valence-electron chi connectivity index (χ4n) is 2.72. The van der Waals surface area contributed by atoms with E-state index < -0.39 is 10.0 Å². The number of hydrogen-bond donors (Lipinski definition) is 1. The molecule has 0 aliphatic heterocycles. The van der Waals surface area contributed by atoms with Crippen LogP contribution in [0.1, 0.15) is 47.1 Å². The molecule has 0 unspecified atom stereocenters. The second-order valence-corrected chi connectivity index (χ2v) is 10.2. The average Bonchev–Trinajstić information content (AvgIpc) is 2.28. The molecular weight excluding hydrogens is 252 g/mol. The van der Waals surface area contributed by atoms with Gasteiger partial charge in [-0.05, 0) is 39.2 Å². The van der Waals surface area contributed by atoms with Crippen LogP contribution in [0.2, 0.25) is 0 Å². The molecular formula is C17H26OS. The Morgan fingerprint density at radius 2 is 1.47 bits per heavy atom. The summed E-state index contributed by atoms with van der Waals surface area (Å²) in [5.74, 6) is 3.58. The number of phenolic OH excluding ortho intramolecular Hbond substituents is 1. The minimum Gasteiger partial charge on any atom is -0.508 e. The van der Waals surface area contributed by atoms with Crippen LogP contribution in [0.5, 0.6) is 5.75 Å². The number of aromatic hydroxyl groups is 1. The maximum absolute atomic E-state index is 9.51. The van der Waals surface area contributed by atoms with Crippen LogP contribution in [0.15, 0.2) is 24.3 Å². The molecule has 1 aromatic carbocycles. The summed E-state index contributed by atoms with van der Waals surface area (Å²) in [6.45, 7) is 13.7.